The maximum Gasteiger partial charge on any atom is 0.270 e. The van der Waals surface area contributed by atoms with E-state index in [0.717, 1.165) is 13.0 Å². The summed E-state index contributed by atoms with van der Waals surface area (Å²) in [4.78, 5) is 18.5. The van der Waals surface area contributed by atoms with Crippen molar-refractivity contribution >= 4 is 16.6 Å². The van der Waals surface area contributed by atoms with Gasteiger partial charge < -0.3 is 10.1 Å². The van der Waals surface area contributed by atoms with Crippen LogP contribution in [0.25, 0.3) is 10.9 Å². The van der Waals surface area contributed by atoms with Gasteiger partial charge in [-0.1, -0.05) is 6.92 Å². The lowest BCUT2D eigenvalue weighted by molar-refractivity contribution is -0.384. The zero-order valence-electron chi connectivity index (χ0n) is 11.2. The van der Waals surface area contributed by atoms with Crippen LogP contribution in [0.1, 0.15) is 13.3 Å². The number of nitro benzene ring substituents is 1. The van der Waals surface area contributed by atoms with Crippen LogP contribution in [0, 0.1) is 10.1 Å². The largest absolute Gasteiger partial charge is 0.476 e. The minimum atomic E-state index is -0.445. The lowest BCUT2D eigenvalue weighted by Gasteiger charge is -2.08. The van der Waals surface area contributed by atoms with Gasteiger partial charge in [0.25, 0.3) is 5.69 Å². The van der Waals surface area contributed by atoms with Crippen LogP contribution < -0.4 is 10.1 Å². The van der Waals surface area contributed by atoms with Crippen LogP contribution >= 0.6 is 0 Å². The monoisotopic (exact) mass is 276 g/mol. The minimum absolute atomic E-state index is 0.00116. The van der Waals surface area contributed by atoms with Crippen LogP contribution in [-0.2, 0) is 0 Å². The van der Waals surface area contributed by atoms with E-state index in [4.69, 9.17) is 4.74 Å². The summed E-state index contributed by atoms with van der Waals surface area (Å²) in [5.41, 5.74) is 0.628. The first-order chi connectivity index (χ1) is 9.72. The van der Waals surface area contributed by atoms with Crippen molar-refractivity contribution in [1.82, 2.24) is 15.3 Å². The summed E-state index contributed by atoms with van der Waals surface area (Å²) >= 11 is 0. The van der Waals surface area contributed by atoms with Gasteiger partial charge in [0.15, 0.2) is 0 Å². The second-order valence-corrected chi connectivity index (χ2v) is 4.24. The molecule has 0 atom stereocenters. The molecule has 1 aromatic heterocycles. The first-order valence-corrected chi connectivity index (χ1v) is 6.45. The molecule has 106 valence electrons. The van der Waals surface area contributed by atoms with Crippen molar-refractivity contribution < 1.29 is 9.66 Å². The average Bonchev–Trinajstić information content (AvgIpc) is 2.46. The van der Waals surface area contributed by atoms with Crippen molar-refractivity contribution in [3.63, 3.8) is 0 Å². The van der Waals surface area contributed by atoms with E-state index >= 15 is 0 Å². The van der Waals surface area contributed by atoms with E-state index in [1.165, 1.54) is 18.5 Å². The van der Waals surface area contributed by atoms with Crippen LogP contribution in [0.2, 0.25) is 0 Å². The summed E-state index contributed by atoms with van der Waals surface area (Å²) in [6, 6.07) is 4.45. The highest BCUT2D eigenvalue weighted by Gasteiger charge is 2.11. The van der Waals surface area contributed by atoms with Crippen LogP contribution in [0.5, 0.6) is 5.88 Å². The topological polar surface area (TPSA) is 90.2 Å². The van der Waals surface area contributed by atoms with Gasteiger partial charge in [-0.3, -0.25) is 10.1 Å². The number of fused-ring (bicyclic) bond motifs is 1. The molecule has 1 heterocycles. The summed E-state index contributed by atoms with van der Waals surface area (Å²) < 4.78 is 5.56. The predicted octanol–water partition coefficient (Wildman–Crippen LogP) is 1.92. The molecule has 0 aliphatic rings. The van der Waals surface area contributed by atoms with Crippen molar-refractivity contribution in [2.75, 3.05) is 19.7 Å². The molecule has 0 saturated carbocycles. The van der Waals surface area contributed by atoms with E-state index in [-0.39, 0.29) is 5.69 Å². The summed E-state index contributed by atoms with van der Waals surface area (Å²) in [6.07, 6.45) is 2.45. The SMILES string of the molecule is CCCNCCOc1ncnc2ccc([N+](=O)[O-])cc12. The Balaban J connectivity index is 2.15. The second kappa shape index (κ2) is 6.76. The molecular weight excluding hydrogens is 260 g/mol. The molecule has 0 unspecified atom stereocenters. The highest BCUT2D eigenvalue weighted by atomic mass is 16.6. The smallest absolute Gasteiger partial charge is 0.270 e. The Morgan fingerprint density at radius 1 is 1.35 bits per heavy atom. The van der Waals surface area contributed by atoms with Crippen LogP contribution in [-0.4, -0.2) is 34.6 Å². The Morgan fingerprint density at radius 2 is 2.20 bits per heavy atom. The maximum absolute atomic E-state index is 10.8. The molecule has 0 fully saturated rings. The van der Waals surface area contributed by atoms with Gasteiger partial charge in [0.1, 0.15) is 12.9 Å². The maximum atomic E-state index is 10.8. The highest BCUT2D eigenvalue weighted by Crippen LogP contribution is 2.25. The third-order valence-electron chi connectivity index (χ3n) is 2.74. The third kappa shape index (κ3) is 3.39. The first kappa shape index (κ1) is 14.1. The van der Waals surface area contributed by atoms with Crippen molar-refractivity contribution in [2.45, 2.75) is 13.3 Å². The molecular formula is C13H16N4O3. The Hall–Kier alpha value is -2.28. The number of nitro groups is 1. The Morgan fingerprint density at radius 3 is 2.95 bits per heavy atom. The highest BCUT2D eigenvalue weighted by molar-refractivity contribution is 5.85. The molecule has 0 saturated heterocycles. The summed E-state index contributed by atoms with van der Waals surface area (Å²) in [7, 11) is 0. The van der Waals surface area contributed by atoms with Gasteiger partial charge >= 0.3 is 0 Å². The third-order valence-corrected chi connectivity index (χ3v) is 2.74. The minimum Gasteiger partial charge on any atom is -0.476 e. The van der Waals surface area contributed by atoms with E-state index in [9.17, 15) is 10.1 Å². The molecule has 0 aliphatic carbocycles. The van der Waals surface area contributed by atoms with Gasteiger partial charge in [-0.2, -0.15) is 0 Å². The summed E-state index contributed by atoms with van der Waals surface area (Å²) in [6.45, 7) is 4.17. The van der Waals surface area contributed by atoms with Crippen LogP contribution in [0.3, 0.4) is 0 Å². The molecule has 0 bridgehead atoms. The van der Waals surface area contributed by atoms with Gasteiger partial charge in [-0.15, -0.1) is 0 Å². The molecule has 0 aliphatic heterocycles. The second-order valence-electron chi connectivity index (χ2n) is 4.24. The fraction of sp³-hybridized carbons (Fsp3) is 0.385. The van der Waals surface area contributed by atoms with Crippen LogP contribution in [0.4, 0.5) is 5.69 Å². The summed E-state index contributed by atoms with van der Waals surface area (Å²) in [5, 5.41) is 14.6. The molecule has 0 amide bonds. The Bertz CT molecular complexity index is 603. The standard InChI is InChI=1S/C13H16N4O3/c1-2-5-14-6-7-20-13-11-8-10(17(18)19)3-4-12(11)15-9-16-13/h3-4,8-9,14H,2,5-7H2,1H3. The number of non-ortho nitro benzene ring substituents is 1. The quantitative estimate of drug-likeness (QED) is 0.472. The molecule has 0 spiro atoms. The number of nitrogens with one attached hydrogen (secondary N) is 1. The van der Waals surface area contributed by atoms with E-state index in [2.05, 4.69) is 22.2 Å². The lowest BCUT2D eigenvalue weighted by Crippen LogP contribution is -2.21. The van der Waals surface area contributed by atoms with Crippen molar-refractivity contribution in [3.05, 3.63) is 34.6 Å². The molecule has 2 aromatic rings. The van der Waals surface area contributed by atoms with Gasteiger partial charge in [0.2, 0.25) is 5.88 Å². The Labute approximate surface area is 116 Å². The van der Waals surface area contributed by atoms with Gasteiger partial charge in [-0.05, 0) is 19.0 Å². The first-order valence-electron chi connectivity index (χ1n) is 6.45. The van der Waals surface area contributed by atoms with E-state index < -0.39 is 4.92 Å². The predicted molar refractivity (Wildman–Crippen MR) is 74.8 cm³/mol. The number of nitrogens with zero attached hydrogens (tertiary/aromatic N) is 3. The van der Waals surface area contributed by atoms with Gasteiger partial charge in [0.05, 0.1) is 15.8 Å². The molecule has 7 heteroatoms. The van der Waals surface area contributed by atoms with Crippen molar-refractivity contribution in [3.8, 4) is 5.88 Å². The van der Waals surface area contributed by atoms with Gasteiger partial charge in [0, 0.05) is 18.7 Å². The average molecular weight is 276 g/mol. The number of ether oxygens (including phenoxy) is 1. The zero-order valence-corrected chi connectivity index (χ0v) is 11.2. The molecule has 0 radical (unpaired) electrons. The van der Waals surface area contributed by atoms with Crippen molar-refractivity contribution in [2.24, 2.45) is 0 Å². The number of hydrogen-bond acceptors (Lipinski definition) is 6. The molecule has 20 heavy (non-hydrogen) atoms. The van der Waals surface area contributed by atoms with Crippen LogP contribution in [0.15, 0.2) is 24.5 Å². The fourth-order valence-electron chi connectivity index (χ4n) is 1.77. The normalized spacial score (nSPS) is 10.7. The fourth-order valence-corrected chi connectivity index (χ4v) is 1.77. The number of hydrogen-bond donors (Lipinski definition) is 1. The van der Waals surface area contributed by atoms with Crippen molar-refractivity contribution in [1.29, 1.82) is 0 Å². The molecule has 2 rings (SSSR count). The number of benzene rings is 1. The van der Waals surface area contributed by atoms with E-state index in [0.29, 0.717) is 29.9 Å². The number of aromatic nitrogens is 2. The van der Waals surface area contributed by atoms with E-state index in [1.54, 1.807) is 6.07 Å². The van der Waals surface area contributed by atoms with E-state index in [1.807, 2.05) is 0 Å². The Kier molecular flexibility index (Phi) is 4.78. The van der Waals surface area contributed by atoms with Gasteiger partial charge in [-0.25, -0.2) is 9.97 Å². The molecule has 7 nitrogen and oxygen atoms in total. The summed E-state index contributed by atoms with van der Waals surface area (Å²) in [5.74, 6) is 0.372. The molecule has 1 aromatic carbocycles. The zero-order chi connectivity index (χ0) is 14.4. The molecule has 1 N–H and O–H groups in total. The lowest BCUT2D eigenvalue weighted by atomic mass is 10.2. The number of rotatable bonds is 7.